The average Bonchev–Trinajstić information content (AvgIpc) is 2.12. The highest BCUT2D eigenvalue weighted by molar-refractivity contribution is 6.32. The molecule has 0 aliphatic heterocycles. The van der Waals surface area contributed by atoms with Crippen LogP contribution in [0.3, 0.4) is 0 Å². The SMILES string of the molecule is COc1cc(F)c(CO)c(F)c1Cl. The van der Waals surface area contributed by atoms with Crippen molar-refractivity contribution in [2.75, 3.05) is 7.11 Å². The summed E-state index contributed by atoms with van der Waals surface area (Å²) < 4.78 is 30.7. The Balaban J connectivity index is 3.37. The number of methoxy groups -OCH3 is 1. The van der Waals surface area contributed by atoms with Crippen LogP contribution in [-0.4, -0.2) is 12.2 Å². The Morgan fingerprint density at radius 1 is 1.54 bits per heavy atom. The van der Waals surface area contributed by atoms with Gasteiger partial charge >= 0.3 is 0 Å². The molecule has 0 atom stereocenters. The largest absolute Gasteiger partial charge is 0.495 e. The van der Waals surface area contributed by atoms with Gasteiger partial charge < -0.3 is 9.84 Å². The fourth-order valence-corrected chi connectivity index (χ4v) is 1.15. The number of ether oxygens (including phenoxy) is 1. The number of halogens is 3. The minimum atomic E-state index is -0.985. The van der Waals surface area contributed by atoms with Crippen LogP contribution in [0.5, 0.6) is 5.75 Å². The highest BCUT2D eigenvalue weighted by Gasteiger charge is 2.16. The third-order valence-electron chi connectivity index (χ3n) is 1.60. The highest BCUT2D eigenvalue weighted by atomic mass is 35.5. The zero-order valence-electron chi connectivity index (χ0n) is 6.77. The molecule has 1 aromatic carbocycles. The normalized spacial score (nSPS) is 10.2. The monoisotopic (exact) mass is 208 g/mol. The lowest BCUT2D eigenvalue weighted by molar-refractivity contribution is 0.268. The maximum Gasteiger partial charge on any atom is 0.154 e. The van der Waals surface area contributed by atoms with Crippen molar-refractivity contribution in [3.05, 3.63) is 28.3 Å². The number of aliphatic hydroxyl groups is 1. The van der Waals surface area contributed by atoms with Gasteiger partial charge in [0.15, 0.2) is 5.82 Å². The lowest BCUT2D eigenvalue weighted by Gasteiger charge is -2.07. The van der Waals surface area contributed by atoms with Crippen molar-refractivity contribution in [2.24, 2.45) is 0 Å². The van der Waals surface area contributed by atoms with Gasteiger partial charge in [0.05, 0.1) is 19.3 Å². The average molecular weight is 209 g/mol. The maximum atomic E-state index is 13.1. The molecule has 5 heteroatoms. The third kappa shape index (κ3) is 1.73. The molecule has 0 saturated heterocycles. The second-order valence-electron chi connectivity index (χ2n) is 2.33. The Kier molecular flexibility index (Phi) is 3.06. The van der Waals surface area contributed by atoms with Gasteiger partial charge in [-0.3, -0.25) is 0 Å². The van der Waals surface area contributed by atoms with Crippen LogP contribution in [-0.2, 0) is 6.61 Å². The van der Waals surface area contributed by atoms with Crippen molar-refractivity contribution < 1.29 is 18.6 Å². The van der Waals surface area contributed by atoms with Crippen LogP contribution >= 0.6 is 11.6 Å². The first-order chi connectivity index (χ1) is 6.11. The summed E-state index contributed by atoms with van der Waals surface area (Å²) in [4.78, 5) is 0. The maximum absolute atomic E-state index is 13.1. The number of hydrogen-bond donors (Lipinski definition) is 1. The van der Waals surface area contributed by atoms with Gasteiger partial charge in [-0.15, -0.1) is 0 Å². The third-order valence-corrected chi connectivity index (χ3v) is 1.95. The molecule has 1 N–H and O–H groups in total. The lowest BCUT2D eigenvalue weighted by Crippen LogP contribution is -1.98. The Hall–Kier alpha value is -0.870. The molecule has 0 aliphatic carbocycles. The smallest absolute Gasteiger partial charge is 0.154 e. The van der Waals surface area contributed by atoms with Crippen LogP contribution in [0, 0.1) is 11.6 Å². The first-order valence-corrected chi connectivity index (χ1v) is 3.80. The molecular formula is C8H7ClF2O2. The van der Waals surface area contributed by atoms with E-state index in [9.17, 15) is 8.78 Å². The molecule has 0 amide bonds. The van der Waals surface area contributed by atoms with E-state index >= 15 is 0 Å². The molecular weight excluding hydrogens is 202 g/mol. The molecule has 0 saturated carbocycles. The quantitative estimate of drug-likeness (QED) is 0.755. The summed E-state index contributed by atoms with van der Waals surface area (Å²) in [5, 5.41) is 8.28. The first kappa shape index (κ1) is 10.2. The molecule has 1 aromatic rings. The minimum absolute atomic E-state index is 0.0890. The van der Waals surface area contributed by atoms with E-state index in [1.165, 1.54) is 7.11 Å². The lowest BCUT2D eigenvalue weighted by atomic mass is 10.2. The molecule has 1 rings (SSSR count). The van der Waals surface area contributed by atoms with Gasteiger partial charge in [-0.05, 0) is 0 Å². The molecule has 0 bridgehead atoms. The summed E-state index contributed by atoms with van der Waals surface area (Å²) in [7, 11) is 1.25. The fourth-order valence-electron chi connectivity index (χ4n) is 0.905. The topological polar surface area (TPSA) is 29.5 Å². The minimum Gasteiger partial charge on any atom is -0.495 e. The van der Waals surface area contributed by atoms with E-state index in [0.717, 1.165) is 6.07 Å². The van der Waals surface area contributed by atoms with Gasteiger partial charge in [-0.25, -0.2) is 8.78 Å². The van der Waals surface area contributed by atoms with Gasteiger partial charge in [0.2, 0.25) is 0 Å². The molecule has 0 spiro atoms. The summed E-state index contributed by atoms with van der Waals surface area (Å²) in [5.41, 5.74) is -0.453. The predicted octanol–water partition coefficient (Wildman–Crippen LogP) is 2.12. The van der Waals surface area contributed by atoms with E-state index in [1.54, 1.807) is 0 Å². The van der Waals surface area contributed by atoms with E-state index in [-0.39, 0.29) is 10.8 Å². The molecule has 13 heavy (non-hydrogen) atoms. The standard InChI is InChI=1S/C8H7ClF2O2/c1-13-6-2-5(10)4(3-12)8(11)7(6)9/h2,12H,3H2,1H3. The van der Waals surface area contributed by atoms with Crippen molar-refractivity contribution in [1.29, 1.82) is 0 Å². The summed E-state index contributed by atoms with van der Waals surface area (Å²) in [6, 6.07) is 0.928. The van der Waals surface area contributed by atoms with Crippen LogP contribution < -0.4 is 4.74 Å². The second-order valence-corrected chi connectivity index (χ2v) is 2.70. The van der Waals surface area contributed by atoms with Crippen LogP contribution in [0.1, 0.15) is 5.56 Å². The van der Waals surface area contributed by atoms with Crippen LogP contribution in [0.2, 0.25) is 5.02 Å². The number of rotatable bonds is 2. The van der Waals surface area contributed by atoms with Crippen molar-refractivity contribution in [3.8, 4) is 5.75 Å². The van der Waals surface area contributed by atoms with Gasteiger partial charge in [-0.2, -0.15) is 0 Å². The Bertz CT molecular complexity index is 328. The summed E-state index contributed by atoms with van der Waals surface area (Å²) in [6.07, 6.45) is 0. The summed E-state index contributed by atoms with van der Waals surface area (Å²) in [6.45, 7) is -0.735. The molecule has 72 valence electrons. The zero-order valence-corrected chi connectivity index (χ0v) is 7.53. The molecule has 2 nitrogen and oxygen atoms in total. The van der Waals surface area contributed by atoms with E-state index in [0.29, 0.717) is 0 Å². The molecule has 0 radical (unpaired) electrons. The highest BCUT2D eigenvalue weighted by Crippen LogP contribution is 2.31. The van der Waals surface area contributed by atoms with E-state index in [1.807, 2.05) is 0 Å². The number of hydrogen-bond acceptors (Lipinski definition) is 2. The Morgan fingerprint density at radius 3 is 2.62 bits per heavy atom. The summed E-state index contributed by atoms with van der Waals surface area (Å²) in [5.74, 6) is -1.95. The molecule has 0 aliphatic rings. The van der Waals surface area contributed by atoms with Crippen LogP contribution in [0.25, 0.3) is 0 Å². The summed E-state index contributed by atoms with van der Waals surface area (Å²) >= 11 is 5.47. The molecule has 0 heterocycles. The Morgan fingerprint density at radius 2 is 2.15 bits per heavy atom. The second kappa shape index (κ2) is 3.89. The van der Waals surface area contributed by atoms with Gasteiger partial charge in [0, 0.05) is 6.07 Å². The molecule has 0 aromatic heterocycles. The van der Waals surface area contributed by atoms with Crippen molar-refractivity contribution in [1.82, 2.24) is 0 Å². The van der Waals surface area contributed by atoms with Gasteiger partial charge in [0.25, 0.3) is 0 Å². The van der Waals surface area contributed by atoms with Crippen molar-refractivity contribution in [3.63, 3.8) is 0 Å². The molecule has 0 unspecified atom stereocenters. The first-order valence-electron chi connectivity index (χ1n) is 3.43. The van der Waals surface area contributed by atoms with E-state index in [4.69, 9.17) is 16.7 Å². The van der Waals surface area contributed by atoms with E-state index in [2.05, 4.69) is 4.74 Å². The van der Waals surface area contributed by atoms with Gasteiger partial charge in [-0.1, -0.05) is 11.6 Å². The van der Waals surface area contributed by atoms with Gasteiger partial charge in [0.1, 0.15) is 16.6 Å². The van der Waals surface area contributed by atoms with Crippen LogP contribution in [0.15, 0.2) is 6.07 Å². The number of aliphatic hydroxyl groups excluding tert-OH is 1. The number of benzene rings is 1. The zero-order chi connectivity index (χ0) is 10.0. The fraction of sp³-hybridized carbons (Fsp3) is 0.250. The van der Waals surface area contributed by atoms with E-state index < -0.39 is 23.8 Å². The van der Waals surface area contributed by atoms with Crippen LogP contribution in [0.4, 0.5) is 8.78 Å². The van der Waals surface area contributed by atoms with Crippen molar-refractivity contribution >= 4 is 11.6 Å². The molecule has 0 fully saturated rings. The Labute approximate surface area is 78.7 Å². The van der Waals surface area contributed by atoms with Crippen molar-refractivity contribution in [2.45, 2.75) is 6.61 Å². The predicted molar refractivity (Wildman–Crippen MR) is 43.8 cm³/mol.